The van der Waals surface area contributed by atoms with Gasteiger partial charge in [0.25, 0.3) is 0 Å². The molecule has 3 aromatic rings. The van der Waals surface area contributed by atoms with Crippen molar-refractivity contribution >= 4 is 5.97 Å². The first kappa shape index (κ1) is 23.3. The van der Waals surface area contributed by atoms with Crippen LogP contribution in [0.1, 0.15) is 34.3 Å². The van der Waals surface area contributed by atoms with Gasteiger partial charge in [-0.1, -0.05) is 30.3 Å². The van der Waals surface area contributed by atoms with Gasteiger partial charge < -0.3 is 25.4 Å². The van der Waals surface area contributed by atoms with E-state index in [0.717, 1.165) is 36.0 Å². The molecule has 1 saturated carbocycles. The van der Waals surface area contributed by atoms with Gasteiger partial charge >= 0.3 is 5.97 Å². The summed E-state index contributed by atoms with van der Waals surface area (Å²) in [5, 5.41) is 41.9. The van der Waals surface area contributed by atoms with E-state index in [1.54, 1.807) is 42.5 Å². The number of carbonyl (C=O) groups is 1. The number of aliphatic hydroxyl groups is 1. The van der Waals surface area contributed by atoms with Crippen LogP contribution in [0.3, 0.4) is 0 Å². The molecule has 7 nitrogen and oxygen atoms in total. The van der Waals surface area contributed by atoms with Gasteiger partial charge in [-0.3, -0.25) is 0 Å². The number of aromatic hydroxyl groups is 1. The van der Waals surface area contributed by atoms with Crippen molar-refractivity contribution in [1.29, 1.82) is 5.26 Å². The number of nitrogens with one attached hydrogen (secondary N) is 1. The molecule has 1 atom stereocenters. The number of β-amino-alcohol motifs (C(OH)–C–C–N with tert-alkyl or cyclic N) is 1. The number of nitrogens with zero attached hydrogens (tertiary/aromatic N) is 1. The summed E-state index contributed by atoms with van der Waals surface area (Å²) in [5.74, 6) is -0.382. The summed E-state index contributed by atoms with van der Waals surface area (Å²) in [4.78, 5) is 11.1. The van der Waals surface area contributed by atoms with Crippen LogP contribution in [0.4, 0.5) is 0 Å². The van der Waals surface area contributed by atoms with Gasteiger partial charge in [0.05, 0.1) is 11.1 Å². The number of nitriles is 1. The third-order valence-electron chi connectivity index (χ3n) is 6.04. The lowest BCUT2D eigenvalue weighted by Gasteiger charge is -2.21. The topological polar surface area (TPSA) is 123 Å². The smallest absolute Gasteiger partial charge is 0.335 e. The lowest BCUT2D eigenvalue weighted by atomic mass is 10.0. The summed E-state index contributed by atoms with van der Waals surface area (Å²) in [7, 11) is 0. The standard InChI is InChI=1S/C27H26N2O5/c28-15-22-8-7-21(19-3-5-20(6-4-19)26(32)33)13-25(22)34-17-24(31)16-29-27(11-12-27)14-18-1-9-23(30)10-2-18/h1-10,13,24,29-31H,11-12,14,16-17H2,(H,32,33)/t24-/m0/s1. The van der Waals surface area contributed by atoms with Crippen LogP contribution in [-0.4, -0.2) is 46.1 Å². The van der Waals surface area contributed by atoms with Gasteiger partial charge in [-0.25, -0.2) is 4.79 Å². The summed E-state index contributed by atoms with van der Waals surface area (Å²) in [6.45, 7) is 0.384. The van der Waals surface area contributed by atoms with E-state index >= 15 is 0 Å². The maximum absolute atomic E-state index is 11.1. The van der Waals surface area contributed by atoms with E-state index in [1.165, 1.54) is 12.1 Å². The van der Waals surface area contributed by atoms with Gasteiger partial charge in [0.15, 0.2) is 0 Å². The second kappa shape index (κ2) is 9.96. The van der Waals surface area contributed by atoms with E-state index in [9.17, 15) is 20.3 Å². The maximum Gasteiger partial charge on any atom is 0.335 e. The molecule has 0 radical (unpaired) electrons. The van der Waals surface area contributed by atoms with Crippen LogP contribution in [-0.2, 0) is 6.42 Å². The second-order valence-corrected chi connectivity index (χ2v) is 8.67. The lowest BCUT2D eigenvalue weighted by molar-refractivity contribution is 0.0697. The van der Waals surface area contributed by atoms with E-state index < -0.39 is 12.1 Å². The number of hydrogen-bond donors (Lipinski definition) is 4. The Labute approximate surface area is 197 Å². The zero-order valence-electron chi connectivity index (χ0n) is 18.6. The highest BCUT2D eigenvalue weighted by Gasteiger charge is 2.42. The quantitative estimate of drug-likeness (QED) is 0.365. The van der Waals surface area contributed by atoms with Crippen molar-refractivity contribution in [3.05, 3.63) is 83.4 Å². The third kappa shape index (κ3) is 5.73. The zero-order chi connectivity index (χ0) is 24.1. The Morgan fingerprint density at radius 1 is 1.06 bits per heavy atom. The van der Waals surface area contributed by atoms with Gasteiger partial charge in [0, 0.05) is 12.1 Å². The molecule has 3 aromatic carbocycles. The summed E-state index contributed by atoms with van der Waals surface area (Å²) in [6.07, 6.45) is 2.09. The van der Waals surface area contributed by atoms with Crippen molar-refractivity contribution in [2.24, 2.45) is 0 Å². The Morgan fingerprint density at radius 2 is 1.74 bits per heavy atom. The van der Waals surface area contributed by atoms with Gasteiger partial charge in [-0.05, 0) is 72.4 Å². The average molecular weight is 459 g/mol. The monoisotopic (exact) mass is 458 g/mol. The van der Waals surface area contributed by atoms with Crippen LogP contribution in [0.5, 0.6) is 11.5 Å². The highest BCUT2D eigenvalue weighted by molar-refractivity contribution is 5.88. The summed E-state index contributed by atoms with van der Waals surface area (Å²) in [6, 6.07) is 20.9. The van der Waals surface area contributed by atoms with Gasteiger partial charge in [0.1, 0.15) is 30.3 Å². The Bertz CT molecular complexity index is 1200. The van der Waals surface area contributed by atoms with Crippen LogP contribution in [0.2, 0.25) is 0 Å². The number of ether oxygens (including phenoxy) is 1. The Morgan fingerprint density at radius 3 is 2.35 bits per heavy atom. The largest absolute Gasteiger partial charge is 0.508 e. The Kier molecular flexibility index (Phi) is 6.82. The number of phenolic OH excluding ortho intramolecular Hbond substituents is 1. The molecule has 4 rings (SSSR count). The van der Waals surface area contributed by atoms with Crippen LogP contribution < -0.4 is 10.1 Å². The molecule has 0 aliphatic heterocycles. The van der Waals surface area contributed by atoms with Crippen molar-refractivity contribution in [2.45, 2.75) is 30.9 Å². The van der Waals surface area contributed by atoms with E-state index in [-0.39, 0.29) is 23.5 Å². The average Bonchev–Trinajstić information content (AvgIpc) is 3.62. The molecule has 1 aliphatic carbocycles. The molecule has 0 spiro atoms. The molecule has 0 saturated heterocycles. The fraction of sp³-hybridized carbons (Fsp3) is 0.259. The normalized spacial score (nSPS) is 14.7. The Hall–Kier alpha value is -3.86. The number of phenols is 1. The minimum Gasteiger partial charge on any atom is -0.508 e. The first-order valence-electron chi connectivity index (χ1n) is 11.1. The van der Waals surface area contributed by atoms with Crippen LogP contribution in [0, 0.1) is 11.3 Å². The molecular formula is C27H26N2O5. The molecule has 0 unspecified atom stereocenters. The lowest BCUT2D eigenvalue weighted by Crippen LogP contribution is -2.40. The molecular weight excluding hydrogens is 432 g/mol. The molecule has 0 aromatic heterocycles. The Balaban J connectivity index is 1.35. The number of aliphatic hydroxyl groups excluding tert-OH is 1. The van der Waals surface area contributed by atoms with E-state index in [4.69, 9.17) is 9.84 Å². The number of carboxylic acid groups (broad SMARTS) is 1. The molecule has 0 heterocycles. The number of carboxylic acids is 1. The highest BCUT2D eigenvalue weighted by Crippen LogP contribution is 2.38. The van der Waals surface area contributed by atoms with Crippen LogP contribution in [0.25, 0.3) is 11.1 Å². The first-order chi connectivity index (χ1) is 16.4. The zero-order valence-corrected chi connectivity index (χ0v) is 18.6. The maximum atomic E-state index is 11.1. The van der Waals surface area contributed by atoms with Gasteiger partial charge in [-0.15, -0.1) is 0 Å². The van der Waals surface area contributed by atoms with E-state index in [1.807, 2.05) is 12.1 Å². The molecule has 1 fully saturated rings. The molecule has 0 amide bonds. The van der Waals surface area contributed by atoms with Gasteiger partial charge in [0.2, 0.25) is 0 Å². The van der Waals surface area contributed by atoms with Crippen molar-refractivity contribution in [3.8, 4) is 28.7 Å². The van der Waals surface area contributed by atoms with Crippen LogP contribution in [0.15, 0.2) is 66.7 Å². The summed E-state index contributed by atoms with van der Waals surface area (Å²) < 4.78 is 5.80. The summed E-state index contributed by atoms with van der Waals surface area (Å²) >= 11 is 0. The highest BCUT2D eigenvalue weighted by atomic mass is 16.5. The summed E-state index contributed by atoms with van der Waals surface area (Å²) in [5.41, 5.74) is 3.22. The number of hydrogen-bond acceptors (Lipinski definition) is 6. The van der Waals surface area contributed by atoms with Crippen molar-refractivity contribution < 1.29 is 24.9 Å². The number of benzene rings is 3. The van der Waals surface area contributed by atoms with E-state index in [0.29, 0.717) is 17.9 Å². The van der Waals surface area contributed by atoms with Crippen molar-refractivity contribution in [3.63, 3.8) is 0 Å². The fourth-order valence-electron chi connectivity index (χ4n) is 3.87. The minimum atomic E-state index is -0.992. The molecule has 4 N–H and O–H groups in total. The molecule has 174 valence electrons. The van der Waals surface area contributed by atoms with Crippen molar-refractivity contribution in [2.75, 3.05) is 13.2 Å². The van der Waals surface area contributed by atoms with Gasteiger partial charge in [-0.2, -0.15) is 5.26 Å². The molecule has 0 bridgehead atoms. The second-order valence-electron chi connectivity index (χ2n) is 8.67. The predicted molar refractivity (Wildman–Crippen MR) is 127 cm³/mol. The third-order valence-corrected chi connectivity index (χ3v) is 6.04. The number of aromatic carboxylic acids is 1. The van der Waals surface area contributed by atoms with Crippen LogP contribution >= 0.6 is 0 Å². The fourth-order valence-corrected chi connectivity index (χ4v) is 3.87. The van der Waals surface area contributed by atoms with E-state index in [2.05, 4.69) is 11.4 Å². The predicted octanol–water partition coefficient (Wildman–Crippen LogP) is 3.73. The minimum absolute atomic E-state index is 0.0262. The molecule has 7 heteroatoms. The molecule has 1 aliphatic rings. The number of rotatable bonds is 10. The SMILES string of the molecule is N#Cc1ccc(-c2ccc(C(=O)O)cc2)cc1OC[C@@H](O)CNC1(Cc2ccc(O)cc2)CC1. The van der Waals surface area contributed by atoms with Crippen molar-refractivity contribution in [1.82, 2.24) is 5.32 Å². The molecule has 34 heavy (non-hydrogen) atoms. The first-order valence-corrected chi connectivity index (χ1v) is 11.1.